The molecule has 0 aliphatic rings. The Morgan fingerprint density at radius 3 is 2.00 bits per heavy atom. The van der Waals surface area contributed by atoms with E-state index in [-0.39, 0.29) is 5.02 Å². The van der Waals surface area contributed by atoms with Crippen LogP contribution in [0.15, 0.2) is 18.2 Å². The van der Waals surface area contributed by atoms with Gasteiger partial charge in [0.15, 0.2) is 0 Å². The lowest BCUT2D eigenvalue weighted by atomic mass is 10.0. The normalized spacial score (nSPS) is 12.7. The molecule has 0 fully saturated rings. The van der Waals surface area contributed by atoms with Crippen molar-refractivity contribution in [1.82, 2.24) is 0 Å². The average molecular weight is 349 g/mol. The zero-order valence-electron chi connectivity index (χ0n) is 10.1. The molecule has 1 N–H and O–H groups in total. The summed E-state index contributed by atoms with van der Waals surface area (Å²) in [5, 5.41) is 9.73. The molecular weight excluding hydrogens is 345 g/mol. The molecule has 0 aliphatic heterocycles. The standard InChI is InChI=1S/C11H4ClF7N2O/c12-6-1-2-7(5(3-6)4-20)21-8(22)9(13,10(14,15)16)11(17,18)19/h1-3H,(H,21,22). The summed E-state index contributed by atoms with van der Waals surface area (Å²) < 4.78 is 87.6. The molecule has 11 heteroatoms. The summed E-state index contributed by atoms with van der Waals surface area (Å²) in [5.41, 5.74) is -7.40. The fourth-order valence-electron chi connectivity index (χ4n) is 1.34. The number of anilines is 1. The third-order valence-electron chi connectivity index (χ3n) is 2.44. The molecule has 0 saturated carbocycles. The quantitative estimate of drug-likeness (QED) is 0.822. The smallest absolute Gasteiger partial charge is 0.321 e. The van der Waals surface area contributed by atoms with E-state index < -0.39 is 35.2 Å². The zero-order chi connectivity index (χ0) is 17.3. The summed E-state index contributed by atoms with van der Waals surface area (Å²) in [7, 11) is 0. The number of nitriles is 1. The first-order valence-corrected chi connectivity index (χ1v) is 5.56. The van der Waals surface area contributed by atoms with E-state index in [0.29, 0.717) is 0 Å². The summed E-state index contributed by atoms with van der Waals surface area (Å²) in [6, 6.07) is 4.01. The molecule has 0 heterocycles. The van der Waals surface area contributed by atoms with Gasteiger partial charge in [-0.1, -0.05) is 11.6 Å². The molecule has 0 radical (unpaired) electrons. The van der Waals surface area contributed by atoms with Crippen LogP contribution in [0, 0.1) is 11.3 Å². The Morgan fingerprint density at radius 1 is 1.09 bits per heavy atom. The van der Waals surface area contributed by atoms with Crippen LogP contribution in [0.1, 0.15) is 5.56 Å². The van der Waals surface area contributed by atoms with Gasteiger partial charge in [-0.05, 0) is 18.2 Å². The number of hydrogen-bond acceptors (Lipinski definition) is 2. The molecule has 1 rings (SSSR count). The molecule has 0 saturated heterocycles. The number of rotatable bonds is 2. The van der Waals surface area contributed by atoms with E-state index in [2.05, 4.69) is 0 Å². The summed E-state index contributed by atoms with van der Waals surface area (Å²) >= 11 is 5.47. The van der Waals surface area contributed by atoms with Crippen molar-refractivity contribution in [1.29, 1.82) is 5.26 Å². The van der Waals surface area contributed by atoms with Gasteiger partial charge in [0.25, 0.3) is 5.91 Å². The van der Waals surface area contributed by atoms with Crippen molar-refractivity contribution < 1.29 is 35.5 Å². The predicted molar refractivity (Wildman–Crippen MR) is 60.7 cm³/mol. The fraction of sp³-hybridized carbons (Fsp3) is 0.273. The monoisotopic (exact) mass is 348 g/mol. The Kier molecular flexibility index (Phi) is 4.62. The second-order valence-corrected chi connectivity index (χ2v) is 4.35. The molecule has 1 aromatic carbocycles. The van der Waals surface area contributed by atoms with Gasteiger partial charge < -0.3 is 5.32 Å². The molecule has 0 aliphatic carbocycles. The molecule has 0 atom stereocenters. The summed E-state index contributed by atoms with van der Waals surface area (Å²) in [6.45, 7) is 0. The van der Waals surface area contributed by atoms with E-state index in [4.69, 9.17) is 16.9 Å². The van der Waals surface area contributed by atoms with Gasteiger partial charge in [0.2, 0.25) is 0 Å². The van der Waals surface area contributed by atoms with E-state index >= 15 is 0 Å². The first kappa shape index (κ1) is 18.0. The Hall–Kier alpha value is -2.02. The minimum absolute atomic E-state index is 0.0623. The number of nitrogens with zero attached hydrogens (tertiary/aromatic N) is 1. The van der Waals surface area contributed by atoms with Crippen LogP contribution in [-0.4, -0.2) is 23.9 Å². The Labute approximate surface area is 123 Å². The van der Waals surface area contributed by atoms with Crippen LogP contribution in [0.5, 0.6) is 0 Å². The van der Waals surface area contributed by atoms with Gasteiger partial charge in [-0.3, -0.25) is 4.79 Å². The Balaban J connectivity index is 3.28. The van der Waals surface area contributed by atoms with Crippen molar-refractivity contribution in [2.45, 2.75) is 18.0 Å². The van der Waals surface area contributed by atoms with Gasteiger partial charge in [0.05, 0.1) is 11.3 Å². The van der Waals surface area contributed by atoms with Crippen LogP contribution in [0.3, 0.4) is 0 Å². The van der Waals surface area contributed by atoms with E-state index in [1.54, 1.807) is 0 Å². The maximum absolute atomic E-state index is 13.4. The second-order valence-electron chi connectivity index (χ2n) is 3.91. The molecule has 0 unspecified atom stereocenters. The summed E-state index contributed by atoms with van der Waals surface area (Å²) in [6.07, 6.45) is -13.1. The highest BCUT2D eigenvalue weighted by atomic mass is 35.5. The number of halogens is 8. The van der Waals surface area contributed by atoms with Gasteiger partial charge in [-0.2, -0.15) is 31.6 Å². The maximum atomic E-state index is 13.4. The van der Waals surface area contributed by atoms with Crippen LogP contribution in [0.4, 0.5) is 36.4 Å². The zero-order valence-corrected chi connectivity index (χ0v) is 10.9. The van der Waals surface area contributed by atoms with Gasteiger partial charge in [-0.25, -0.2) is 4.39 Å². The lowest BCUT2D eigenvalue weighted by molar-refractivity contribution is -0.324. The first-order valence-electron chi connectivity index (χ1n) is 5.18. The largest absolute Gasteiger partial charge is 0.441 e. The molecule has 22 heavy (non-hydrogen) atoms. The number of benzene rings is 1. The number of hydrogen-bond donors (Lipinski definition) is 1. The second kappa shape index (κ2) is 5.64. The van der Waals surface area contributed by atoms with Crippen molar-refractivity contribution >= 4 is 23.2 Å². The Morgan fingerprint density at radius 2 is 1.59 bits per heavy atom. The highest BCUT2D eigenvalue weighted by molar-refractivity contribution is 6.30. The molecule has 1 amide bonds. The summed E-state index contributed by atoms with van der Waals surface area (Å²) in [4.78, 5) is 11.2. The third kappa shape index (κ3) is 3.09. The van der Waals surface area contributed by atoms with E-state index in [0.717, 1.165) is 23.5 Å². The fourth-order valence-corrected chi connectivity index (χ4v) is 1.52. The van der Waals surface area contributed by atoms with Crippen LogP contribution in [0.2, 0.25) is 5.02 Å². The molecule has 0 bridgehead atoms. The molecular formula is C11H4ClF7N2O. The van der Waals surface area contributed by atoms with Gasteiger partial charge in [0.1, 0.15) is 6.07 Å². The number of nitrogens with one attached hydrogen (secondary N) is 1. The van der Waals surface area contributed by atoms with Crippen molar-refractivity contribution in [3.05, 3.63) is 28.8 Å². The van der Waals surface area contributed by atoms with Crippen molar-refractivity contribution in [3.8, 4) is 6.07 Å². The van der Waals surface area contributed by atoms with Crippen molar-refractivity contribution in [3.63, 3.8) is 0 Å². The molecule has 1 aromatic rings. The minimum Gasteiger partial charge on any atom is -0.321 e. The molecule has 0 spiro atoms. The minimum atomic E-state index is -6.53. The van der Waals surface area contributed by atoms with E-state index in [1.165, 1.54) is 6.07 Å². The van der Waals surface area contributed by atoms with Crippen LogP contribution in [-0.2, 0) is 4.79 Å². The number of carbonyl (C=O) groups excluding carboxylic acids is 1. The number of carbonyl (C=O) groups is 1. The van der Waals surface area contributed by atoms with Crippen LogP contribution < -0.4 is 5.32 Å². The number of alkyl halides is 7. The van der Waals surface area contributed by atoms with Crippen LogP contribution >= 0.6 is 11.6 Å². The highest BCUT2D eigenvalue weighted by Gasteiger charge is 2.77. The molecule has 3 nitrogen and oxygen atoms in total. The average Bonchev–Trinajstić information content (AvgIpc) is 2.36. The summed E-state index contributed by atoms with van der Waals surface area (Å²) in [5.74, 6) is -3.01. The Bertz CT molecular complexity index is 619. The lowest BCUT2D eigenvalue weighted by Gasteiger charge is -2.28. The molecule has 0 aromatic heterocycles. The predicted octanol–water partition coefficient (Wildman–Crippen LogP) is 3.98. The third-order valence-corrected chi connectivity index (χ3v) is 2.68. The SMILES string of the molecule is N#Cc1cc(Cl)ccc1NC(=O)C(F)(C(F)(F)F)C(F)(F)F. The number of amides is 1. The maximum Gasteiger partial charge on any atom is 0.441 e. The lowest BCUT2D eigenvalue weighted by Crippen LogP contribution is -2.61. The topological polar surface area (TPSA) is 52.9 Å². The van der Waals surface area contributed by atoms with Gasteiger partial charge >= 0.3 is 18.0 Å². The molecule has 120 valence electrons. The van der Waals surface area contributed by atoms with E-state index in [9.17, 15) is 35.5 Å². The van der Waals surface area contributed by atoms with Crippen LogP contribution in [0.25, 0.3) is 0 Å². The van der Waals surface area contributed by atoms with Crippen molar-refractivity contribution in [2.75, 3.05) is 5.32 Å². The van der Waals surface area contributed by atoms with Gasteiger partial charge in [0, 0.05) is 5.02 Å². The highest BCUT2D eigenvalue weighted by Crippen LogP contribution is 2.46. The van der Waals surface area contributed by atoms with Crippen molar-refractivity contribution in [2.24, 2.45) is 0 Å². The van der Waals surface area contributed by atoms with Gasteiger partial charge in [-0.15, -0.1) is 0 Å². The first-order chi connectivity index (χ1) is 9.84. The van der Waals surface area contributed by atoms with E-state index in [1.807, 2.05) is 0 Å².